The van der Waals surface area contributed by atoms with Crippen LogP contribution in [0.5, 0.6) is 0 Å². The van der Waals surface area contributed by atoms with Gasteiger partial charge in [0.2, 0.25) is 0 Å². The molecule has 0 aromatic carbocycles. The van der Waals surface area contributed by atoms with Gasteiger partial charge in [0.1, 0.15) is 5.54 Å². The summed E-state index contributed by atoms with van der Waals surface area (Å²) in [5.74, 6) is -1.61. The van der Waals surface area contributed by atoms with Crippen molar-refractivity contribution in [1.29, 1.82) is 0 Å². The number of anilines is 1. The third kappa shape index (κ3) is 2.67. The van der Waals surface area contributed by atoms with Crippen molar-refractivity contribution in [2.45, 2.75) is 33.2 Å². The molecular weight excluding hydrogens is 246 g/mol. The lowest BCUT2D eigenvalue weighted by molar-refractivity contribution is -0.142. The number of carboxylic acids is 1. The number of primary amides is 1. The molecule has 1 aromatic heterocycles. The van der Waals surface area contributed by atoms with Gasteiger partial charge in [0.05, 0.1) is 16.9 Å². The normalized spacial score (nSPS) is 11.2. The minimum absolute atomic E-state index is 0.252. The van der Waals surface area contributed by atoms with Gasteiger partial charge >= 0.3 is 5.97 Å². The summed E-state index contributed by atoms with van der Waals surface area (Å²) in [4.78, 5) is 28.6. The summed E-state index contributed by atoms with van der Waals surface area (Å²) in [5.41, 5.74) is 6.13. The van der Waals surface area contributed by atoms with Crippen molar-refractivity contribution in [1.82, 2.24) is 4.98 Å². The Hall–Kier alpha value is -2.11. The van der Waals surface area contributed by atoms with Crippen molar-refractivity contribution >= 4 is 17.6 Å². The first kappa shape index (κ1) is 14.9. The van der Waals surface area contributed by atoms with Crippen LogP contribution in [0.4, 0.5) is 5.69 Å². The van der Waals surface area contributed by atoms with Gasteiger partial charge in [-0.3, -0.25) is 9.78 Å². The molecule has 0 aliphatic rings. The lowest BCUT2D eigenvalue weighted by Crippen LogP contribution is -2.49. The highest BCUT2D eigenvalue weighted by atomic mass is 16.4. The van der Waals surface area contributed by atoms with E-state index in [4.69, 9.17) is 5.73 Å². The van der Waals surface area contributed by atoms with Crippen LogP contribution in [0.15, 0.2) is 6.07 Å². The van der Waals surface area contributed by atoms with Gasteiger partial charge < -0.3 is 15.7 Å². The zero-order valence-corrected chi connectivity index (χ0v) is 11.8. The van der Waals surface area contributed by atoms with Crippen LogP contribution in [0.25, 0.3) is 0 Å². The van der Waals surface area contributed by atoms with E-state index in [0.29, 0.717) is 17.1 Å². The summed E-state index contributed by atoms with van der Waals surface area (Å²) < 4.78 is 0. The molecule has 1 heterocycles. The number of amides is 1. The number of aromatic nitrogens is 1. The highest BCUT2D eigenvalue weighted by molar-refractivity contribution is 6.00. The highest BCUT2D eigenvalue weighted by Crippen LogP contribution is 2.28. The fraction of sp³-hybridized carbons (Fsp3) is 0.462. The number of nitrogens with two attached hydrogens (primary N) is 1. The molecule has 0 saturated carbocycles. The lowest BCUT2D eigenvalue weighted by Gasteiger charge is -2.34. The number of rotatable bonds is 4. The van der Waals surface area contributed by atoms with E-state index in [-0.39, 0.29) is 5.56 Å². The molecule has 0 unspecified atom stereocenters. The Bertz CT molecular complexity index is 538. The van der Waals surface area contributed by atoms with Gasteiger partial charge in [-0.25, -0.2) is 4.79 Å². The van der Waals surface area contributed by atoms with Crippen LogP contribution >= 0.6 is 0 Å². The maximum Gasteiger partial charge on any atom is 0.328 e. The van der Waals surface area contributed by atoms with E-state index in [1.807, 2.05) is 0 Å². The largest absolute Gasteiger partial charge is 0.480 e. The summed E-state index contributed by atoms with van der Waals surface area (Å²) in [6.45, 7) is 6.58. The Kier molecular flexibility index (Phi) is 3.83. The van der Waals surface area contributed by atoms with Crippen LogP contribution in [0.2, 0.25) is 0 Å². The number of carbonyl (C=O) groups excluding carboxylic acids is 1. The smallest absolute Gasteiger partial charge is 0.328 e. The van der Waals surface area contributed by atoms with Crippen LogP contribution < -0.4 is 10.6 Å². The molecule has 0 atom stereocenters. The van der Waals surface area contributed by atoms with Gasteiger partial charge in [-0.05, 0) is 33.8 Å². The molecule has 1 amide bonds. The molecule has 0 bridgehead atoms. The minimum Gasteiger partial charge on any atom is -0.480 e. The fourth-order valence-electron chi connectivity index (χ4n) is 1.82. The van der Waals surface area contributed by atoms with Gasteiger partial charge in [0.25, 0.3) is 5.91 Å². The molecule has 3 N–H and O–H groups in total. The molecular formula is C13H19N3O3. The van der Waals surface area contributed by atoms with Crippen molar-refractivity contribution in [2.24, 2.45) is 5.73 Å². The van der Waals surface area contributed by atoms with E-state index in [0.717, 1.165) is 0 Å². The Morgan fingerprint density at radius 2 is 1.89 bits per heavy atom. The number of hydrogen-bond donors (Lipinski definition) is 2. The van der Waals surface area contributed by atoms with Crippen molar-refractivity contribution in [2.75, 3.05) is 11.9 Å². The molecule has 0 aliphatic heterocycles. The number of carbonyl (C=O) groups is 2. The Labute approximate surface area is 112 Å². The van der Waals surface area contributed by atoms with E-state index in [1.54, 1.807) is 40.8 Å². The number of hydrogen-bond acceptors (Lipinski definition) is 4. The molecule has 1 rings (SSSR count). The van der Waals surface area contributed by atoms with Gasteiger partial charge in [-0.1, -0.05) is 0 Å². The first-order valence-corrected chi connectivity index (χ1v) is 5.84. The molecule has 104 valence electrons. The maximum atomic E-state index is 11.6. The quantitative estimate of drug-likeness (QED) is 0.849. The number of carboxylic acid groups (broad SMARTS) is 1. The van der Waals surface area contributed by atoms with Gasteiger partial charge in [-0.15, -0.1) is 0 Å². The van der Waals surface area contributed by atoms with E-state index in [2.05, 4.69) is 4.98 Å². The highest BCUT2D eigenvalue weighted by Gasteiger charge is 2.34. The predicted octanol–water partition coefficient (Wildman–Crippen LogP) is 1.10. The van der Waals surface area contributed by atoms with Crippen molar-refractivity contribution in [3.8, 4) is 0 Å². The second kappa shape index (κ2) is 4.87. The number of nitrogens with zero attached hydrogens (tertiary/aromatic N) is 2. The number of likely N-dealkylation sites (N-methyl/N-ethyl adjacent to an activating group) is 1. The van der Waals surface area contributed by atoms with Gasteiger partial charge in [0.15, 0.2) is 0 Å². The summed E-state index contributed by atoms with van der Waals surface area (Å²) >= 11 is 0. The molecule has 0 fully saturated rings. The molecule has 6 nitrogen and oxygen atoms in total. The second-order valence-electron chi connectivity index (χ2n) is 5.03. The standard InChI is InChI=1S/C13H19N3O3/c1-7-6-9(10(11(14)17)8(2)15-7)16(5)13(3,4)12(18)19/h6H,1-5H3,(H2,14,17)(H,18,19). The average molecular weight is 265 g/mol. The molecule has 0 spiro atoms. The fourth-order valence-corrected chi connectivity index (χ4v) is 1.82. The van der Waals surface area contributed by atoms with Gasteiger partial charge in [0, 0.05) is 12.7 Å². The topological polar surface area (TPSA) is 96.5 Å². The zero-order valence-electron chi connectivity index (χ0n) is 11.8. The second-order valence-corrected chi connectivity index (χ2v) is 5.03. The molecule has 0 saturated heterocycles. The molecule has 0 radical (unpaired) electrons. The minimum atomic E-state index is -1.16. The van der Waals surface area contributed by atoms with Gasteiger partial charge in [-0.2, -0.15) is 0 Å². The van der Waals surface area contributed by atoms with E-state index in [1.165, 1.54) is 4.90 Å². The van der Waals surface area contributed by atoms with E-state index in [9.17, 15) is 14.7 Å². The Morgan fingerprint density at radius 1 is 1.37 bits per heavy atom. The SMILES string of the molecule is Cc1cc(N(C)C(C)(C)C(=O)O)c(C(N)=O)c(C)n1. The number of aliphatic carboxylic acids is 1. The summed E-state index contributed by atoms with van der Waals surface area (Å²) in [6, 6.07) is 1.66. The van der Waals surface area contributed by atoms with Crippen LogP contribution in [-0.4, -0.2) is 34.6 Å². The van der Waals surface area contributed by atoms with E-state index >= 15 is 0 Å². The zero-order chi connectivity index (χ0) is 15.0. The first-order valence-electron chi connectivity index (χ1n) is 5.84. The third-order valence-corrected chi connectivity index (χ3v) is 3.28. The molecule has 19 heavy (non-hydrogen) atoms. The Balaban J connectivity index is 3.50. The molecule has 6 heteroatoms. The maximum absolute atomic E-state index is 11.6. The van der Waals surface area contributed by atoms with Crippen molar-refractivity contribution < 1.29 is 14.7 Å². The van der Waals surface area contributed by atoms with Crippen LogP contribution in [-0.2, 0) is 4.79 Å². The molecule has 0 aliphatic carbocycles. The number of aryl methyl sites for hydroxylation is 2. The van der Waals surface area contributed by atoms with Crippen LogP contribution in [0.1, 0.15) is 35.6 Å². The lowest BCUT2D eigenvalue weighted by atomic mass is 10.0. The van der Waals surface area contributed by atoms with E-state index < -0.39 is 17.4 Å². The third-order valence-electron chi connectivity index (χ3n) is 3.28. The van der Waals surface area contributed by atoms with Crippen molar-refractivity contribution in [3.05, 3.63) is 23.0 Å². The van der Waals surface area contributed by atoms with Crippen LogP contribution in [0.3, 0.4) is 0 Å². The average Bonchev–Trinajstić information content (AvgIpc) is 2.25. The monoisotopic (exact) mass is 265 g/mol. The number of pyridine rings is 1. The van der Waals surface area contributed by atoms with Crippen molar-refractivity contribution in [3.63, 3.8) is 0 Å². The predicted molar refractivity (Wildman–Crippen MR) is 72.3 cm³/mol. The van der Waals surface area contributed by atoms with Crippen LogP contribution in [0, 0.1) is 13.8 Å². The first-order chi connectivity index (χ1) is 8.59. The molecule has 1 aromatic rings. The summed E-state index contributed by atoms with van der Waals surface area (Å²) in [5, 5.41) is 9.27. The summed E-state index contributed by atoms with van der Waals surface area (Å²) in [6.07, 6.45) is 0. The summed E-state index contributed by atoms with van der Waals surface area (Å²) in [7, 11) is 1.62. The Morgan fingerprint density at radius 3 is 2.32 bits per heavy atom.